The van der Waals surface area contributed by atoms with Crippen LogP contribution in [0, 0.1) is 10.8 Å². The van der Waals surface area contributed by atoms with Crippen molar-refractivity contribution >= 4 is 23.0 Å². The fourth-order valence-electron chi connectivity index (χ4n) is 4.17. The maximum atomic E-state index is 12.6. The number of hydrogen-bond acceptors (Lipinski definition) is 6. The van der Waals surface area contributed by atoms with Crippen LogP contribution in [-0.4, -0.2) is 47.3 Å². The Morgan fingerprint density at radius 3 is 1.32 bits per heavy atom. The van der Waals surface area contributed by atoms with Crippen molar-refractivity contribution < 1.29 is 19.8 Å². The monoisotopic (exact) mass is 388 g/mol. The number of nitrogens with zero attached hydrogens (tertiary/aromatic N) is 2. The van der Waals surface area contributed by atoms with Crippen LogP contribution < -0.4 is 0 Å². The summed E-state index contributed by atoms with van der Waals surface area (Å²) >= 11 is 0. The molecule has 0 aromatic heterocycles. The van der Waals surface area contributed by atoms with Gasteiger partial charge in [-0.2, -0.15) is 0 Å². The quantitative estimate of drug-likeness (QED) is 0.685. The van der Waals surface area contributed by atoms with Crippen LogP contribution in [0.1, 0.15) is 66.2 Å². The van der Waals surface area contributed by atoms with Gasteiger partial charge < -0.3 is 10.2 Å². The third kappa shape index (κ3) is 4.78. The molecular formula is C22H32N2O4. The number of ketones is 2. The number of allylic oxidation sites excluding steroid dienone is 4. The Hall–Kier alpha value is -2.24. The summed E-state index contributed by atoms with van der Waals surface area (Å²) in [4.78, 5) is 33.6. The minimum atomic E-state index is -0.266. The van der Waals surface area contributed by atoms with E-state index >= 15 is 0 Å². The average molecular weight is 389 g/mol. The number of aliphatic hydroxyl groups excluding tert-OH is 2. The minimum absolute atomic E-state index is 0.0781. The lowest BCUT2D eigenvalue weighted by atomic mass is 9.74. The maximum absolute atomic E-state index is 12.6. The Balaban J connectivity index is 2.24. The summed E-state index contributed by atoms with van der Waals surface area (Å²) in [6, 6.07) is 0. The van der Waals surface area contributed by atoms with Crippen molar-refractivity contribution in [2.45, 2.75) is 66.2 Å². The van der Waals surface area contributed by atoms with Gasteiger partial charge in [-0.3, -0.25) is 19.6 Å². The topological polar surface area (TPSA) is 99.3 Å². The zero-order valence-corrected chi connectivity index (χ0v) is 17.8. The van der Waals surface area contributed by atoms with E-state index in [1.54, 1.807) is 14.1 Å². The van der Waals surface area contributed by atoms with E-state index in [0.29, 0.717) is 61.1 Å². The summed E-state index contributed by atoms with van der Waals surface area (Å²) in [5.41, 5.74) is 1.10. The van der Waals surface area contributed by atoms with Crippen LogP contribution in [-0.2, 0) is 9.59 Å². The van der Waals surface area contributed by atoms with Crippen molar-refractivity contribution in [3.63, 3.8) is 0 Å². The maximum Gasteiger partial charge on any atom is 0.168 e. The summed E-state index contributed by atoms with van der Waals surface area (Å²) in [5, 5.41) is 20.9. The number of rotatable bonds is 5. The molecule has 0 unspecified atom stereocenters. The molecule has 6 heteroatoms. The Labute approximate surface area is 167 Å². The second kappa shape index (κ2) is 8.02. The fraction of sp³-hybridized carbons (Fsp3) is 0.636. The number of Topliss-reactive ketones (excluding diaryl/α,β-unsaturated/α-hetero) is 2. The minimum Gasteiger partial charge on any atom is -0.511 e. The van der Waals surface area contributed by atoms with Crippen LogP contribution in [0.3, 0.4) is 0 Å². The predicted octanol–water partition coefficient (Wildman–Crippen LogP) is 4.31. The Kier molecular flexibility index (Phi) is 6.31. The number of aliphatic hydroxyl groups is 2. The molecule has 2 N–H and O–H groups in total. The van der Waals surface area contributed by atoms with Gasteiger partial charge in [0.1, 0.15) is 11.5 Å². The van der Waals surface area contributed by atoms with Crippen molar-refractivity contribution in [1.29, 1.82) is 0 Å². The Morgan fingerprint density at radius 2 is 1.07 bits per heavy atom. The zero-order valence-electron chi connectivity index (χ0n) is 17.8. The van der Waals surface area contributed by atoms with Gasteiger partial charge in [-0.1, -0.05) is 27.7 Å². The SMILES string of the molecule is CN=C(CCC(=NC)C1=C(O)CC(C)(C)CC1=O)C1=C(O)CC(C)(C)CC1=O. The van der Waals surface area contributed by atoms with Gasteiger partial charge in [-0.25, -0.2) is 0 Å². The molecule has 0 fully saturated rings. The molecule has 0 aromatic rings. The van der Waals surface area contributed by atoms with Crippen LogP contribution in [0.4, 0.5) is 0 Å². The molecule has 2 aliphatic rings. The van der Waals surface area contributed by atoms with Gasteiger partial charge >= 0.3 is 0 Å². The third-order valence-electron chi connectivity index (χ3n) is 5.42. The van der Waals surface area contributed by atoms with E-state index in [0.717, 1.165) is 0 Å². The molecule has 0 amide bonds. The highest BCUT2D eigenvalue weighted by molar-refractivity contribution is 6.26. The van der Waals surface area contributed by atoms with E-state index in [2.05, 4.69) is 9.98 Å². The van der Waals surface area contributed by atoms with E-state index in [1.165, 1.54) is 0 Å². The van der Waals surface area contributed by atoms with Gasteiger partial charge in [-0.05, 0) is 23.7 Å². The molecule has 0 saturated heterocycles. The lowest BCUT2D eigenvalue weighted by Gasteiger charge is -2.31. The predicted molar refractivity (Wildman–Crippen MR) is 111 cm³/mol. The van der Waals surface area contributed by atoms with Crippen LogP contribution in [0.25, 0.3) is 0 Å². The normalized spacial score (nSPS) is 23.5. The van der Waals surface area contributed by atoms with E-state index in [-0.39, 0.29) is 33.9 Å². The molecule has 6 nitrogen and oxygen atoms in total. The summed E-state index contributed by atoms with van der Waals surface area (Å²) < 4.78 is 0. The summed E-state index contributed by atoms with van der Waals surface area (Å²) in [5.74, 6) is -0.0624. The number of carbonyl (C=O) groups excluding carboxylic acids is 2. The molecule has 0 heterocycles. The highest BCUT2D eigenvalue weighted by atomic mass is 16.3. The Morgan fingerprint density at radius 1 is 0.750 bits per heavy atom. The van der Waals surface area contributed by atoms with Gasteiger partial charge in [0.15, 0.2) is 11.6 Å². The largest absolute Gasteiger partial charge is 0.511 e. The number of aliphatic imine (C=N–C) groups is 2. The van der Waals surface area contributed by atoms with Crippen LogP contribution in [0.5, 0.6) is 0 Å². The molecule has 0 aliphatic heterocycles. The van der Waals surface area contributed by atoms with Crippen molar-refractivity contribution in [1.82, 2.24) is 0 Å². The van der Waals surface area contributed by atoms with Gasteiger partial charge in [-0.15, -0.1) is 0 Å². The molecule has 0 aromatic carbocycles. The zero-order chi connectivity index (χ0) is 21.3. The first-order valence-corrected chi connectivity index (χ1v) is 9.73. The highest BCUT2D eigenvalue weighted by Crippen LogP contribution is 2.38. The molecule has 0 bridgehead atoms. The smallest absolute Gasteiger partial charge is 0.168 e. The fourth-order valence-corrected chi connectivity index (χ4v) is 4.17. The van der Waals surface area contributed by atoms with Crippen molar-refractivity contribution in [3.05, 3.63) is 22.7 Å². The molecule has 2 aliphatic carbocycles. The van der Waals surface area contributed by atoms with E-state index in [1.807, 2.05) is 27.7 Å². The van der Waals surface area contributed by atoms with Crippen molar-refractivity contribution in [3.8, 4) is 0 Å². The van der Waals surface area contributed by atoms with Crippen molar-refractivity contribution in [2.75, 3.05) is 14.1 Å². The summed E-state index contributed by atoms with van der Waals surface area (Å²) in [6.07, 6.45) is 2.31. The average Bonchev–Trinajstić information content (AvgIpc) is 2.52. The van der Waals surface area contributed by atoms with Crippen LogP contribution >= 0.6 is 0 Å². The molecule has 2 rings (SSSR count). The second-order valence-electron chi connectivity index (χ2n) is 9.37. The molecular weight excluding hydrogens is 356 g/mol. The summed E-state index contributed by atoms with van der Waals surface area (Å²) in [6.45, 7) is 7.81. The first-order chi connectivity index (χ1) is 12.9. The van der Waals surface area contributed by atoms with Crippen molar-refractivity contribution in [2.24, 2.45) is 20.8 Å². The molecule has 0 saturated carbocycles. The van der Waals surface area contributed by atoms with Gasteiger partial charge in [0.2, 0.25) is 0 Å². The van der Waals surface area contributed by atoms with Gasteiger partial charge in [0.05, 0.1) is 11.1 Å². The lowest BCUT2D eigenvalue weighted by Crippen LogP contribution is -2.31. The van der Waals surface area contributed by atoms with Gasteiger partial charge in [0.25, 0.3) is 0 Å². The summed E-state index contributed by atoms with van der Waals surface area (Å²) in [7, 11) is 3.19. The van der Waals surface area contributed by atoms with Crippen LogP contribution in [0.2, 0.25) is 0 Å². The standard InChI is InChI=1S/C22H32N2O4/c1-21(2)9-15(25)19(16(26)10-21)13(23-5)7-8-14(24-6)20-17(27)11-22(3,4)12-18(20)28/h25,27H,7-12H2,1-6H3. The Bertz CT molecular complexity index is 742. The van der Waals surface area contributed by atoms with E-state index in [9.17, 15) is 19.8 Å². The molecule has 28 heavy (non-hydrogen) atoms. The number of hydrogen-bond donors (Lipinski definition) is 2. The van der Waals surface area contributed by atoms with Gasteiger partial charge in [0, 0.05) is 51.2 Å². The highest BCUT2D eigenvalue weighted by Gasteiger charge is 2.37. The molecule has 0 atom stereocenters. The van der Waals surface area contributed by atoms with Crippen LogP contribution in [0.15, 0.2) is 32.6 Å². The molecule has 0 radical (unpaired) electrons. The molecule has 154 valence electrons. The van der Waals surface area contributed by atoms with E-state index in [4.69, 9.17) is 0 Å². The third-order valence-corrected chi connectivity index (χ3v) is 5.42. The first kappa shape index (κ1) is 22.1. The molecule has 0 spiro atoms. The lowest BCUT2D eigenvalue weighted by molar-refractivity contribution is -0.118. The number of carbonyl (C=O) groups is 2. The second-order valence-corrected chi connectivity index (χ2v) is 9.37. The van der Waals surface area contributed by atoms with E-state index < -0.39 is 0 Å². The first-order valence-electron chi connectivity index (χ1n) is 9.73.